The molecule has 174 valence electrons. The molecular formula is C27H42O2SeTe. The molecule has 2 N–H and O–H groups in total. The van der Waals surface area contributed by atoms with Gasteiger partial charge in [-0.15, -0.1) is 0 Å². The molecule has 2 aliphatic heterocycles. The monoisotopic (exact) mass is 608 g/mol. The van der Waals surface area contributed by atoms with E-state index in [1.165, 1.54) is 17.6 Å². The molecule has 2 heterocycles. The predicted octanol–water partition coefficient (Wildman–Crippen LogP) is 6.13. The fourth-order valence-electron chi connectivity index (χ4n) is 3.48. The third-order valence-electron chi connectivity index (χ3n) is 5.36. The van der Waals surface area contributed by atoms with Crippen LogP contribution in [0.25, 0.3) is 0 Å². The van der Waals surface area contributed by atoms with Crippen molar-refractivity contribution < 1.29 is 10.2 Å². The van der Waals surface area contributed by atoms with Crippen molar-refractivity contribution in [3.05, 3.63) is 54.1 Å². The van der Waals surface area contributed by atoms with Gasteiger partial charge in [-0.2, -0.15) is 0 Å². The van der Waals surface area contributed by atoms with Crippen molar-refractivity contribution in [3.63, 3.8) is 0 Å². The molecule has 1 unspecified atom stereocenters. The van der Waals surface area contributed by atoms with E-state index in [0.29, 0.717) is 32.1 Å². The molecule has 0 amide bonds. The van der Waals surface area contributed by atoms with E-state index in [9.17, 15) is 10.2 Å². The van der Waals surface area contributed by atoms with Crippen molar-refractivity contribution in [1.29, 1.82) is 0 Å². The Balaban J connectivity index is 2.35. The number of aliphatic hydroxyl groups excluding tert-OH is 2. The Morgan fingerprint density at radius 3 is 2.00 bits per heavy atom. The second kappa shape index (κ2) is 12.4. The van der Waals surface area contributed by atoms with Crippen LogP contribution < -0.4 is 0 Å². The zero-order valence-electron chi connectivity index (χ0n) is 20.3. The fourth-order valence-corrected chi connectivity index (χ4v) is 9.98. The van der Waals surface area contributed by atoms with Crippen LogP contribution in [0, 0.1) is 10.8 Å². The van der Waals surface area contributed by atoms with Crippen LogP contribution >= 0.6 is 0 Å². The summed E-state index contributed by atoms with van der Waals surface area (Å²) in [6.45, 7) is 14.6. The molecule has 2 nitrogen and oxygen atoms in total. The summed E-state index contributed by atoms with van der Waals surface area (Å²) in [5.74, 6) is 0. The molecule has 31 heavy (non-hydrogen) atoms. The summed E-state index contributed by atoms with van der Waals surface area (Å²) in [6, 6.07) is 0. The SMILES string of the molecule is CC(C)(C)C1=CC(=CC2=CC(CCCCO)[Te]C(CCCCO)=C2)C=C(C(C)(C)C)[Se]1. The molecule has 0 bridgehead atoms. The molecule has 0 saturated carbocycles. The second-order valence-electron chi connectivity index (χ2n) is 10.6. The number of unbranched alkanes of at least 4 members (excludes halogenated alkanes) is 2. The van der Waals surface area contributed by atoms with Gasteiger partial charge >= 0.3 is 208 Å². The average Bonchev–Trinajstić information content (AvgIpc) is 2.67. The molecule has 0 aromatic rings. The second-order valence-corrected chi connectivity index (χ2v) is 16.8. The van der Waals surface area contributed by atoms with Crippen molar-refractivity contribution in [1.82, 2.24) is 0 Å². The standard InChI is InChI=1S/C27H42O2SeTe/c1-26(2,3)24-18-21(19-25(30-24)27(4,5)6)15-20-16-22(11-7-9-13-28)31-23(17-20)12-8-10-14-29/h15-19,22,28-29H,7-14H2,1-6H3. The van der Waals surface area contributed by atoms with Crippen LogP contribution in [0.3, 0.4) is 0 Å². The predicted molar refractivity (Wildman–Crippen MR) is 136 cm³/mol. The molecule has 0 fully saturated rings. The minimum absolute atomic E-state index is 0.200. The van der Waals surface area contributed by atoms with Gasteiger partial charge in [0.25, 0.3) is 0 Å². The van der Waals surface area contributed by atoms with Crippen molar-refractivity contribution >= 4 is 35.9 Å². The van der Waals surface area contributed by atoms with Gasteiger partial charge in [0.2, 0.25) is 0 Å². The molecular weight excluding hydrogens is 563 g/mol. The first kappa shape index (κ1) is 27.2. The molecule has 0 aromatic heterocycles. The molecule has 4 heteroatoms. The van der Waals surface area contributed by atoms with Crippen LogP contribution in [-0.2, 0) is 0 Å². The van der Waals surface area contributed by atoms with Crippen LogP contribution in [-0.4, -0.2) is 59.3 Å². The van der Waals surface area contributed by atoms with Gasteiger partial charge in [-0.1, -0.05) is 0 Å². The normalized spacial score (nSPS) is 20.1. The minimum atomic E-state index is -0.200. The van der Waals surface area contributed by atoms with Crippen LogP contribution in [0.4, 0.5) is 0 Å². The van der Waals surface area contributed by atoms with Crippen LogP contribution in [0.15, 0.2) is 54.1 Å². The summed E-state index contributed by atoms with van der Waals surface area (Å²) < 4.78 is 5.48. The number of rotatable bonds is 9. The zero-order chi connectivity index (χ0) is 23.1. The zero-order valence-corrected chi connectivity index (χ0v) is 24.4. The quantitative estimate of drug-likeness (QED) is 0.245. The van der Waals surface area contributed by atoms with E-state index in [0.717, 1.165) is 32.1 Å². The van der Waals surface area contributed by atoms with Crippen LogP contribution in [0.5, 0.6) is 0 Å². The van der Waals surface area contributed by atoms with Gasteiger partial charge in [0, 0.05) is 0 Å². The molecule has 0 radical (unpaired) electrons. The van der Waals surface area contributed by atoms with Gasteiger partial charge in [0.1, 0.15) is 0 Å². The Morgan fingerprint density at radius 2 is 1.45 bits per heavy atom. The third kappa shape index (κ3) is 9.36. The molecule has 2 aliphatic rings. The van der Waals surface area contributed by atoms with Crippen molar-refractivity contribution in [3.8, 4) is 0 Å². The topological polar surface area (TPSA) is 40.5 Å². The Hall–Kier alpha value is -0.0709. The van der Waals surface area contributed by atoms with Crippen molar-refractivity contribution in [2.24, 2.45) is 10.8 Å². The van der Waals surface area contributed by atoms with Crippen molar-refractivity contribution in [2.75, 3.05) is 13.2 Å². The van der Waals surface area contributed by atoms with Crippen LogP contribution in [0.2, 0.25) is 3.97 Å². The summed E-state index contributed by atoms with van der Waals surface area (Å²) in [7, 11) is 0. The number of allylic oxidation sites excluding steroid dienone is 10. The maximum atomic E-state index is 9.18. The molecule has 2 rings (SSSR count). The number of aliphatic hydroxyl groups is 2. The Kier molecular flexibility index (Phi) is 10.9. The molecule has 0 aromatic carbocycles. The van der Waals surface area contributed by atoms with E-state index < -0.39 is 0 Å². The van der Waals surface area contributed by atoms with Gasteiger partial charge in [-0.3, -0.25) is 0 Å². The van der Waals surface area contributed by atoms with E-state index in [-0.39, 0.29) is 31.8 Å². The van der Waals surface area contributed by atoms with E-state index >= 15 is 0 Å². The summed E-state index contributed by atoms with van der Waals surface area (Å²) in [6.07, 6.45) is 18.6. The van der Waals surface area contributed by atoms with Gasteiger partial charge in [0.15, 0.2) is 0 Å². The Labute approximate surface area is 207 Å². The molecule has 1 atom stereocenters. The molecule has 0 aliphatic carbocycles. The van der Waals surface area contributed by atoms with Gasteiger partial charge in [-0.05, 0) is 0 Å². The molecule has 0 saturated heterocycles. The summed E-state index contributed by atoms with van der Waals surface area (Å²) in [5, 5.41) is 18.4. The van der Waals surface area contributed by atoms with Crippen LogP contribution in [0.1, 0.15) is 80.1 Å². The summed E-state index contributed by atoms with van der Waals surface area (Å²) in [5.41, 5.74) is 3.12. The van der Waals surface area contributed by atoms with Gasteiger partial charge < -0.3 is 0 Å². The Bertz CT molecular complexity index is 725. The average molecular weight is 605 g/mol. The molecule has 0 spiro atoms. The maximum absolute atomic E-state index is 9.18. The first-order valence-electron chi connectivity index (χ1n) is 11.7. The first-order valence-corrected chi connectivity index (χ1v) is 15.9. The van der Waals surface area contributed by atoms with Gasteiger partial charge in [-0.25, -0.2) is 0 Å². The van der Waals surface area contributed by atoms with E-state index in [1.807, 2.05) is 0 Å². The third-order valence-corrected chi connectivity index (χ3v) is 13.1. The summed E-state index contributed by atoms with van der Waals surface area (Å²) in [4.78, 5) is 0. The van der Waals surface area contributed by atoms with Crippen molar-refractivity contribution in [2.45, 2.75) is 84.0 Å². The number of hydrogen-bond donors (Lipinski definition) is 2. The first-order chi connectivity index (χ1) is 14.5. The Morgan fingerprint density at radius 1 is 0.871 bits per heavy atom. The van der Waals surface area contributed by atoms with Gasteiger partial charge in [0.05, 0.1) is 0 Å². The van der Waals surface area contributed by atoms with E-state index in [1.54, 1.807) is 12.6 Å². The summed E-state index contributed by atoms with van der Waals surface area (Å²) >= 11 is 0.216. The van der Waals surface area contributed by atoms with E-state index in [2.05, 4.69) is 71.9 Å². The number of hydrogen-bond acceptors (Lipinski definition) is 2. The fraction of sp³-hybridized carbons (Fsp3) is 0.630. The van der Waals surface area contributed by atoms with E-state index in [4.69, 9.17) is 0 Å².